The molecule has 26 heavy (non-hydrogen) atoms. The van der Waals surface area contributed by atoms with Crippen molar-refractivity contribution in [2.75, 3.05) is 20.3 Å². The van der Waals surface area contributed by atoms with E-state index in [1.54, 1.807) is 26.2 Å². The van der Waals surface area contributed by atoms with E-state index in [9.17, 15) is 4.79 Å². The minimum atomic E-state index is -0.586. The lowest BCUT2D eigenvalue weighted by molar-refractivity contribution is -0.127. The van der Waals surface area contributed by atoms with Gasteiger partial charge in [0.05, 0.1) is 13.7 Å². The van der Waals surface area contributed by atoms with E-state index in [1.807, 2.05) is 31.2 Å². The quantitative estimate of drug-likeness (QED) is 0.660. The summed E-state index contributed by atoms with van der Waals surface area (Å²) in [6.45, 7) is 4.97. The first-order valence-corrected chi connectivity index (χ1v) is 8.93. The third-order valence-corrected chi connectivity index (χ3v) is 3.92. The van der Waals surface area contributed by atoms with Crippen molar-refractivity contribution in [3.05, 3.63) is 54.1 Å². The maximum atomic E-state index is 12.2. The summed E-state index contributed by atoms with van der Waals surface area (Å²) >= 11 is 0. The van der Waals surface area contributed by atoms with Gasteiger partial charge in [0.2, 0.25) is 0 Å². The zero-order valence-electron chi connectivity index (χ0n) is 15.7. The van der Waals surface area contributed by atoms with E-state index >= 15 is 0 Å². The van der Waals surface area contributed by atoms with Crippen molar-refractivity contribution in [1.82, 2.24) is 5.32 Å². The molecule has 0 heterocycles. The number of para-hydroxylation sites is 2. The average Bonchev–Trinajstić information content (AvgIpc) is 2.67. The summed E-state index contributed by atoms with van der Waals surface area (Å²) in [4.78, 5) is 12.2. The van der Waals surface area contributed by atoms with Gasteiger partial charge in [0.15, 0.2) is 17.6 Å². The number of ether oxygens (including phenoxy) is 3. The predicted molar refractivity (Wildman–Crippen MR) is 102 cm³/mol. The molecule has 0 aliphatic heterocycles. The number of amides is 1. The first-order valence-electron chi connectivity index (χ1n) is 8.93. The van der Waals surface area contributed by atoms with Crippen LogP contribution < -0.4 is 19.5 Å². The Morgan fingerprint density at radius 1 is 1.08 bits per heavy atom. The Bertz CT molecular complexity index is 685. The molecular formula is C21H27NO4. The Morgan fingerprint density at radius 2 is 1.77 bits per heavy atom. The fraction of sp³-hybridized carbons (Fsp3) is 0.381. The van der Waals surface area contributed by atoms with E-state index in [2.05, 4.69) is 17.4 Å². The Balaban J connectivity index is 1.72. The average molecular weight is 357 g/mol. The van der Waals surface area contributed by atoms with E-state index in [4.69, 9.17) is 14.2 Å². The molecule has 0 saturated heterocycles. The normalized spacial score (nSPS) is 11.5. The van der Waals surface area contributed by atoms with Crippen LogP contribution in [0.25, 0.3) is 0 Å². The summed E-state index contributed by atoms with van der Waals surface area (Å²) in [6.07, 6.45) is 1.17. The lowest BCUT2D eigenvalue weighted by Gasteiger charge is -2.16. The summed E-state index contributed by atoms with van der Waals surface area (Å²) in [7, 11) is 1.58. The standard InChI is InChI=1S/C21H27NO4/c1-4-25-18-13-11-17(12-14-18)8-7-15-22-21(23)16(2)26-20-10-6-5-9-19(20)24-3/h5-6,9-14,16H,4,7-8,15H2,1-3H3,(H,22,23)/t16-/m0/s1. The van der Waals surface area contributed by atoms with Crippen LogP contribution >= 0.6 is 0 Å². The van der Waals surface area contributed by atoms with Crippen molar-refractivity contribution in [3.63, 3.8) is 0 Å². The molecule has 2 aromatic rings. The summed E-state index contributed by atoms with van der Waals surface area (Å²) in [5.74, 6) is 1.92. The zero-order valence-corrected chi connectivity index (χ0v) is 15.7. The number of methoxy groups -OCH3 is 1. The fourth-order valence-electron chi connectivity index (χ4n) is 2.53. The van der Waals surface area contributed by atoms with Gasteiger partial charge < -0.3 is 19.5 Å². The molecule has 0 aliphatic rings. The van der Waals surface area contributed by atoms with Gasteiger partial charge in [-0.25, -0.2) is 0 Å². The van der Waals surface area contributed by atoms with Gasteiger partial charge in [0.1, 0.15) is 5.75 Å². The lowest BCUT2D eigenvalue weighted by Crippen LogP contribution is -2.37. The van der Waals surface area contributed by atoms with Crippen LogP contribution in [0.3, 0.4) is 0 Å². The number of hydrogen-bond donors (Lipinski definition) is 1. The molecule has 0 aliphatic carbocycles. The molecule has 5 nitrogen and oxygen atoms in total. The van der Waals surface area contributed by atoms with E-state index < -0.39 is 6.10 Å². The van der Waals surface area contributed by atoms with Crippen molar-refractivity contribution in [3.8, 4) is 17.2 Å². The van der Waals surface area contributed by atoms with Gasteiger partial charge in [-0.1, -0.05) is 24.3 Å². The summed E-state index contributed by atoms with van der Waals surface area (Å²) < 4.78 is 16.4. The number of aryl methyl sites for hydroxylation is 1. The molecule has 1 N–H and O–H groups in total. The number of hydrogen-bond acceptors (Lipinski definition) is 4. The monoisotopic (exact) mass is 357 g/mol. The minimum absolute atomic E-state index is 0.136. The molecule has 5 heteroatoms. The highest BCUT2D eigenvalue weighted by atomic mass is 16.5. The van der Waals surface area contributed by atoms with Crippen LogP contribution in [0.5, 0.6) is 17.2 Å². The molecule has 1 atom stereocenters. The molecule has 0 saturated carbocycles. The van der Waals surface area contributed by atoms with Crippen LogP contribution in [0.15, 0.2) is 48.5 Å². The smallest absolute Gasteiger partial charge is 0.260 e. The van der Waals surface area contributed by atoms with E-state index in [0.717, 1.165) is 18.6 Å². The molecule has 0 aromatic heterocycles. The molecular weight excluding hydrogens is 330 g/mol. The first kappa shape index (κ1) is 19.6. The Morgan fingerprint density at radius 3 is 2.42 bits per heavy atom. The van der Waals surface area contributed by atoms with Crippen LogP contribution in [-0.4, -0.2) is 32.3 Å². The molecule has 0 fully saturated rings. The Hall–Kier alpha value is -2.69. The first-order chi connectivity index (χ1) is 12.6. The molecule has 0 spiro atoms. The van der Waals surface area contributed by atoms with Crippen LogP contribution in [0.4, 0.5) is 0 Å². The number of nitrogens with one attached hydrogen (secondary N) is 1. The lowest BCUT2D eigenvalue weighted by atomic mass is 10.1. The van der Waals surface area contributed by atoms with Gasteiger partial charge in [-0.3, -0.25) is 4.79 Å². The SMILES string of the molecule is CCOc1ccc(CCCNC(=O)[C@H](C)Oc2ccccc2OC)cc1. The van der Waals surface area contributed by atoms with Gasteiger partial charge in [0, 0.05) is 6.54 Å². The van der Waals surface area contributed by atoms with Crippen molar-refractivity contribution < 1.29 is 19.0 Å². The van der Waals surface area contributed by atoms with Gasteiger partial charge in [-0.15, -0.1) is 0 Å². The van der Waals surface area contributed by atoms with Crippen LogP contribution in [0, 0.1) is 0 Å². The fourth-order valence-corrected chi connectivity index (χ4v) is 2.53. The van der Waals surface area contributed by atoms with Crippen molar-refractivity contribution in [2.24, 2.45) is 0 Å². The van der Waals surface area contributed by atoms with Crippen molar-refractivity contribution >= 4 is 5.91 Å². The highest BCUT2D eigenvalue weighted by molar-refractivity contribution is 5.80. The minimum Gasteiger partial charge on any atom is -0.494 e. The number of carbonyl (C=O) groups is 1. The molecule has 140 valence electrons. The number of carbonyl (C=O) groups excluding carboxylic acids is 1. The Kier molecular flexibility index (Phi) is 7.80. The third kappa shape index (κ3) is 5.99. The van der Waals surface area contributed by atoms with Gasteiger partial charge in [0.25, 0.3) is 5.91 Å². The summed E-state index contributed by atoms with van der Waals surface area (Å²) in [6, 6.07) is 15.4. The van der Waals surface area contributed by atoms with Gasteiger partial charge in [-0.2, -0.15) is 0 Å². The maximum Gasteiger partial charge on any atom is 0.260 e. The van der Waals surface area contributed by atoms with Gasteiger partial charge in [-0.05, 0) is 56.5 Å². The van der Waals surface area contributed by atoms with Crippen molar-refractivity contribution in [2.45, 2.75) is 32.8 Å². The predicted octanol–water partition coefficient (Wildman–Crippen LogP) is 3.61. The Labute approximate surface area is 155 Å². The maximum absolute atomic E-state index is 12.2. The molecule has 1 amide bonds. The second-order valence-electron chi connectivity index (χ2n) is 5.88. The highest BCUT2D eigenvalue weighted by Gasteiger charge is 2.15. The van der Waals surface area contributed by atoms with E-state index in [-0.39, 0.29) is 5.91 Å². The topological polar surface area (TPSA) is 56.8 Å². The largest absolute Gasteiger partial charge is 0.494 e. The second-order valence-corrected chi connectivity index (χ2v) is 5.88. The summed E-state index contributed by atoms with van der Waals surface area (Å²) in [5, 5.41) is 2.91. The second kappa shape index (κ2) is 10.3. The number of rotatable bonds is 10. The van der Waals surface area contributed by atoms with E-state index in [0.29, 0.717) is 24.7 Å². The molecule has 0 unspecified atom stereocenters. The van der Waals surface area contributed by atoms with Crippen molar-refractivity contribution in [1.29, 1.82) is 0 Å². The molecule has 2 rings (SSSR count). The zero-order chi connectivity index (χ0) is 18.8. The summed E-state index contributed by atoms with van der Waals surface area (Å²) in [5.41, 5.74) is 1.22. The van der Waals surface area contributed by atoms with Crippen LogP contribution in [0.2, 0.25) is 0 Å². The van der Waals surface area contributed by atoms with Gasteiger partial charge >= 0.3 is 0 Å². The molecule has 0 radical (unpaired) electrons. The molecule has 2 aromatic carbocycles. The van der Waals surface area contributed by atoms with Crippen LogP contribution in [0.1, 0.15) is 25.8 Å². The van der Waals surface area contributed by atoms with Crippen LogP contribution in [-0.2, 0) is 11.2 Å². The van der Waals surface area contributed by atoms with E-state index in [1.165, 1.54) is 5.56 Å². The third-order valence-electron chi connectivity index (χ3n) is 3.92. The molecule has 0 bridgehead atoms. The number of benzene rings is 2. The highest BCUT2D eigenvalue weighted by Crippen LogP contribution is 2.26.